The second kappa shape index (κ2) is 11.1. The van der Waals surface area contributed by atoms with E-state index in [1.54, 1.807) is 0 Å². The van der Waals surface area contributed by atoms with Gasteiger partial charge in [0.15, 0.2) is 0 Å². The highest BCUT2D eigenvalue weighted by Gasteiger charge is 2.24. The van der Waals surface area contributed by atoms with Crippen LogP contribution in [0.15, 0.2) is 188 Å². The molecule has 0 amide bonds. The number of nitrogens with zero attached hydrogens (tertiary/aromatic N) is 1. The van der Waals surface area contributed by atoms with Crippen LogP contribution in [0.1, 0.15) is 0 Å². The standard InChI is InChI=1S/C48H31N/c1-3-10-32(11-4-1)34-20-25-38(26-21-34)49(39-27-22-35(23-28-39)33-12-5-2-6-13-33)45-31-30-43-41-16-8-7-15-40(41)42-17-9-14-36-18-19-37-24-29-44(45)48(43)47(37)46(36)42/h1-31H. The molecule has 0 N–H and O–H groups in total. The lowest BCUT2D eigenvalue weighted by atomic mass is 9.91. The molecule has 49 heavy (non-hydrogen) atoms. The van der Waals surface area contributed by atoms with Gasteiger partial charge in [-0.3, -0.25) is 0 Å². The molecule has 0 heterocycles. The molecule has 9 aromatic rings. The maximum Gasteiger partial charge on any atom is 0.0540 e. The van der Waals surface area contributed by atoms with E-state index in [4.69, 9.17) is 0 Å². The molecule has 1 aliphatic rings. The molecule has 0 atom stereocenters. The van der Waals surface area contributed by atoms with E-state index in [1.807, 2.05) is 0 Å². The Balaban J connectivity index is 1.25. The maximum atomic E-state index is 2.43. The van der Waals surface area contributed by atoms with E-state index >= 15 is 0 Å². The van der Waals surface area contributed by atoms with Crippen molar-refractivity contribution in [2.75, 3.05) is 4.90 Å². The summed E-state index contributed by atoms with van der Waals surface area (Å²) in [6.45, 7) is 0. The van der Waals surface area contributed by atoms with E-state index in [1.165, 1.54) is 76.8 Å². The topological polar surface area (TPSA) is 3.24 Å². The first-order chi connectivity index (χ1) is 24.3. The Morgan fingerprint density at radius 2 is 0.735 bits per heavy atom. The summed E-state index contributed by atoms with van der Waals surface area (Å²) in [5.74, 6) is 0. The summed E-state index contributed by atoms with van der Waals surface area (Å²) < 4.78 is 0. The van der Waals surface area contributed by atoms with Crippen LogP contribution in [-0.4, -0.2) is 0 Å². The number of anilines is 3. The summed E-state index contributed by atoms with van der Waals surface area (Å²) in [6, 6.07) is 68.8. The monoisotopic (exact) mass is 621 g/mol. The number of fused-ring (bicyclic) bond motifs is 3. The normalized spacial score (nSPS) is 11.7. The van der Waals surface area contributed by atoms with E-state index in [0.29, 0.717) is 0 Å². The van der Waals surface area contributed by atoms with Crippen molar-refractivity contribution in [2.45, 2.75) is 0 Å². The van der Waals surface area contributed by atoms with E-state index in [2.05, 4.69) is 193 Å². The number of benzene rings is 9. The van der Waals surface area contributed by atoms with Gasteiger partial charge in [-0.05, 0) is 96.4 Å². The van der Waals surface area contributed by atoms with E-state index in [9.17, 15) is 0 Å². The molecule has 0 spiro atoms. The van der Waals surface area contributed by atoms with Crippen LogP contribution in [0.2, 0.25) is 0 Å². The lowest BCUT2D eigenvalue weighted by Crippen LogP contribution is -2.10. The lowest BCUT2D eigenvalue weighted by Gasteiger charge is -2.28. The second-order valence-corrected chi connectivity index (χ2v) is 12.9. The molecule has 1 heteroatoms. The molecule has 1 aliphatic carbocycles. The van der Waals surface area contributed by atoms with Crippen LogP contribution < -0.4 is 4.90 Å². The van der Waals surface area contributed by atoms with E-state index < -0.39 is 0 Å². The fourth-order valence-electron chi connectivity index (χ4n) is 7.91. The first kappa shape index (κ1) is 27.7. The van der Waals surface area contributed by atoms with Crippen molar-refractivity contribution in [3.05, 3.63) is 188 Å². The van der Waals surface area contributed by atoms with Crippen molar-refractivity contribution >= 4 is 49.4 Å². The van der Waals surface area contributed by atoms with Crippen molar-refractivity contribution in [1.82, 2.24) is 0 Å². The first-order valence-corrected chi connectivity index (χ1v) is 16.9. The predicted molar refractivity (Wildman–Crippen MR) is 209 cm³/mol. The van der Waals surface area contributed by atoms with Gasteiger partial charge in [0.25, 0.3) is 0 Å². The third-order valence-electron chi connectivity index (χ3n) is 10.2. The third kappa shape index (κ3) is 4.40. The molecule has 0 fully saturated rings. The second-order valence-electron chi connectivity index (χ2n) is 12.9. The molecule has 228 valence electrons. The molecule has 0 saturated heterocycles. The van der Waals surface area contributed by atoms with Crippen LogP contribution in [0.3, 0.4) is 0 Å². The van der Waals surface area contributed by atoms with Crippen LogP contribution in [0.4, 0.5) is 17.1 Å². The Bertz CT molecular complexity index is 2590. The lowest BCUT2D eigenvalue weighted by molar-refractivity contribution is 1.30. The molecule has 0 bridgehead atoms. The van der Waals surface area contributed by atoms with Gasteiger partial charge >= 0.3 is 0 Å². The Kier molecular flexibility index (Phi) is 6.25. The van der Waals surface area contributed by atoms with Crippen molar-refractivity contribution in [1.29, 1.82) is 0 Å². The highest BCUT2D eigenvalue weighted by Crippen LogP contribution is 2.51. The number of rotatable bonds is 5. The van der Waals surface area contributed by atoms with Crippen molar-refractivity contribution in [3.63, 3.8) is 0 Å². The van der Waals surface area contributed by atoms with Gasteiger partial charge in [0.05, 0.1) is 5.69 Å². The SMILES string of the molecule is c1ccc(-c2ccc(N(c3ccc(-c4ccccc4)cc3)c3ccc4c5c3ccc3ccc6cccc(c6c35)-c3ccccc3-4)cc2)cc1. The highest BCUT2D eigenvalue weighted by molar-refractivity contribution is 6.31. The van der Waals surface area contributed by atoms with Crippen molar-refractivity contribution < 1.29 is 0 Å². The Morgan fingerprint density at radius 1 is 0.265 bits per heavy atom. The molecule has 9 aromatic carbocycles. The average molecular weight is 622 g/mol. The minimum atomic E-state index is 1.12. The Hall–Kier alpha value is -6.44. The zero-order valence-corrected chi connectivity index (χ0v) is 26.8. The summed E-state index contributed by atoms with van der Waals surface area (Å²) in [4.78, 5) is 2.43. The average Bonchev–Trinajstić information content (AvgIpc) is 3.31. The first-order valence-electron chi connectivity index (χ1n) is 16.9. The fraction of sp³-hybridized carbons (Fsp3) is 0. The predicted octanol–water partition coefficient (Wildman–Crippen LogP) is 13.6. The van der Waals surface area contributed by atoms with Gasteiger partial charge in [0.2, 0.25) is 0 Å². The summed E-state index contributed by atoms with van der Waals surface area (Å²) in [7, 11) is 0. The van der Waals surface area contributed by atoms with Gasteiger partial charge in [-0.2, -0.15) is 0 Å². The van der Waals surface area contributed by atoms with Crippen LogP contribution in [0.25, 0.3) is 76.8 Å². The molecule has 0 radical (unpaired) electrons. The smallest absolute Gasteiger partial charge is 0.0540 e. The third-order valence-corrected chi connectivity index (χ3v) is 10.2. The fourth-order valence-corrected chi connectivity index (χ4v) is 7.91. The molecule has 0 saturated carbocycles. The summed E-state index contributed by atoms with van der Waals surface area (Å²) in [5.41, 5.74) is 13.4. The zero-order valence-electron chi connectivity index (χ0n) is 26.8. The Labute approximate surface area is 286 Å². The summed E-state index contributed by atoms with van der Waals surface area (Å²) in [5, 5.41) is 7.76. The molecule has 0 aromatic heterocycles. The van der Waals surface area contributed by atoms with E-state index in [0.717, 1.165) is 17.1 Å². The molecular weight excluding hydrogens is 591 g/mol. The van der Waals surface area contributed by atoms with E-state index in [-0.39, 0.29) is 0 Å². The minimum Gasteiger partial charge on any atom is -0.310 e. The van der Waals surface area contributed by atoms with Crippen LogP contribution in [0.5, 0.6) is 0 Å². The van der Waals surface area contributed by atoms with Crippen LogP contribution in [0, 0.1) is 0 Å². The number of hydrogen-bond acceptors (Lipinski definition) is 1. The van der Waals surface area contributed by atoms with Gasteiger partial charge in [0, 0.05) is 22.1 Å². The largest absolute Gasteiger partial charge is 0.310 e. The molecule has 10 rings (SSSR count). The van der Waals surface area contributed by atoms with Gasteiger partial charge in [0.1, 0.15) is 0 Å². The van der Waals surface area contributed by atoms with Gasteiger partial charge in [-0.25, -0.2) is 0 Å². The molecule has 1 nitrogen and oxygen atoms in total. The maximum absolute atomic E-state index is 2.43. The highest BCUT2D eigenvalue weighted by atomic mass is 15.1. The summed E-state index contributed by atoms with van der Waals surface area (Å²) in [6.07, 6.45) is 0. The van der Waals surface area contributed by atoms with Gasteiger partial charge < -0.3 is 4.90 Å². The number of hydrogen-bond donors (Lipinski definition) is 0. The zero-order chi connectivity index (χ0) is 32.3. The van der Waals surface area contributed by atoms with Gasteiger partial charge in [-0.15, -0.1) is 0 Å². The van der Waals surface area contributed by atoms with Crippen LogP contribution >= 0.6 is 0 Å². The molecule has 0 aliphatic heterocycles. The van der Waals surface area contributed by atoms with Crippen LogP contribution in [-0.2, 0) is 0 Å². The van der Waals surface area contributed by atoms with Gasteiger partial charge in [-0.1, -0.05) is 158 Å². The Morgan fingerprint density at radius 3 is 1.33 bits per heavy atom. The summed E-state index contributed by atoms with van der Waals surface area (Å²) >= 11 is 0. The minimum absolute atomic E-state index is 1.12. The molecule has 0 unspecified atom stereocenters. The molecular formula is C48H31N. The van der Waals surface area contributed by atoms with Crippen molar-refractivity contribution in [2.24, 2.45) is 0 Å². The quantitative estimate of drug-likeness (QED) is 0.173. The van der Waals surface area contributed by atoms with Crippen molar-refractivity contribution in [3.8, 4) is 44.5 Å².